The molecule has 0 saturated carbocycles. The van der Waals surface area contributed by atoms with Crippen molar-refractivity contribution in [1.29, 1.82) is 0 Å². The Hall–Kier alpha value is -2.47. The first kappa shape index (κ1) is 15.1. The highest BCUT2D eigenvalue weighted by Crippen LogP contribution is 2.32. The van der Waals surface area contributed by atoms with E-state index in [2.05, 4.69) is 39.2 Å². The van der Waals surface area contributed by atoms with E-state index in [1.54, 1.807) is 6.20 Å². The number of fused-ring (bicyclic) bond motifs is 1. The Labute approximate surface area is 140 Å². The van der Waals surface area contributed by atoms with Crippen molar-refractivity contribution in [2.75, 3.05) is 13.1 Å². The van der Waals surface area contributed by atoms with Crippen LogP contribution in [0.1, 0.15) is 24.0 Å². The predicted molar refractivity (Wildman–Crippen MR) is 89.3 cm³/mol. The van der Waals surface area contributed by atoms with Gasteiger partial charge in [0.05, 0.1) is 17.5 Å². The first-order chi connectivity index (χ1) is 11.7. The number of carbonyl (C=O) groups is 1. The lowest BCUT2D eigenvalue weighted by molar-refractivity contribution is -0.114. The molecule has 0 aliphatic carbocycles. The molecule has 1 saturated heterocycles. The van der Waals surface area contributed by atoms with E-state index in [4.69, 9.17) is 4.74 Å². The molecule has 0 bridgehead atoms. The summed E-state index contributed by atoms with van der Waals surface area (Å²) >= 11 is 0. The number of amides is 1. The fourth-order valence-corrected chi connectivity index (χ4v) is 3.38. The second kappa shape index (κ2) is 6.20. The first-order valence-electron chi connectivity index (χ1n) is 8.29. The van der Waals surface area contributed by atoms with Crippen molar-refractivity contribution in [1.82, 2.24) is 10.2 Å². The summed E-state index contributed by atoms with van der Waals surface area (Å²) in [6.45, 7) is 7.34. The summed E-state index contributed by atoms with van der Waals surface area (Å²) in [5.41, 5.74) is 3.64. The van der Waals surface area contributed by atoms with Crippen molar-refractivity contribution >= 4 is 5.91 Å². The second-order valence-corrected chi connectivity index (χ2v) is 6.37. The van der Waals surface area contributed by atoms with Crippen LogP contribution in [0.25, 0.3) is 0 Å². The van der Waals surface area contributed by atoms with Gasteiger partial charge >= 0.3 is 0 Å². The summed E-state index contributed by atoms with van der Waals surface area (Å²) in [5, 5.41) is 10.6. The highest BCUT2D eigenvalue weighted by Gasteiger charge is 2.27. The highest BCUT2D eigenvalue weighted by atomic mass is 16.5. The Bertz CT molecular complexity index is 747. The quantitative estimate of drug-likeness (QED) is 0.868. The van der Waals surface area contributed by atoms with E-state index in [0.29, 0.717) is 11.7 Å². The number of rotatable bonds is 3. The van der Waals surface area contributed by atoms with E-state index in [0.717, 1.165) is 50.5 Å². The standard InChI is InChI=1S/C18H20N4O2/c1-12-17(9-20-21-18(12)23)22-10-13-2-3-16(8-14(13)11-22)24-15-4-6-19-7-5-15/h2-3,8-9,15,19H,1,4-7,10-11H2. The third kappa shape index (κ3) is 2.85. The molecule has 1 aromatic carbocycles. The molecule has 6 nitrogen and oxygen atoms in total. The van der Waals surface area contributed by atoms with Gasteiger partial charge in [0.1, 0.15) is 11.9 Å². The molecule has 1 N–H and O–H groups in total. The molecule has 0 unspecified atom stereocenters. The smallest absolute Gasteiger partial charge is 0.296 e. The fourth-order valence-electron chi connectivity index (χ4n) is 3.38. The molecule has 1 amide bonds. The molecule has 0 spiro atoms. The lowest BCUT2D eigenvalue weighted by Crippen LogP contribution is -2.34. The van der Waals surface area contributed by atoms with Crippen LogP contribution in [0.4, 0.5) is 0 Å². The summed E-state index contributed by atoms with van der Waals surface area (Å²) in [7, 11) is 0. The maximum Gasteiger partial charge on any atom is 0.296 e. The molecule has 4 rings (SSSR count). The Morgan fingerprint density at radius 1 is 1.21 bits per heavy atom. The normalized spacial score (nSPS) is 21.0. The van der Waals surface area contributed by atoms with Gasteiger partial charge in [-0.05, 0) is 49.2 Å². The topological polar surface area (TPSA) is 66.3 Å². The molecular weight excluding hydrogens is 304 g/mol. The minimum absolute atomic E-state index is 0.292. The Kier molecular flexibility index (Phi) is 3.90. The number of nitrogens with zero attached hydrogens (tertiary/aromatic N) is 3. The molecule has 0 radical (unpaired) electrons. The van der Waals surface area contributed by atoms with Crippen LogP contribution < -0.4 is 10.1 Å². The predicted octanol–water partition coefficient (Wildman–Crippen LogP) is 2.52. The maximum absolute atomic E-state index is 11.7. The van der Waals surface area contributed by atoms with Crippen LogP contribution in [-0.4, -0.2) is 30.0 Å². The minimum Gasteiger partial charge on any atom is -0.490 e. The molecular formula is C18H20N4O2. The zero-order chi connectivity index (χ0) is 16.5. The SMILES string of the molecule is C=C1C(=O)N=NC=C1N1Cc2ccc(OC3CCNCC3)cc2C1. The summed E-state index contributed by atoms with van der Waals surface area (Å²) in [5.74, 6) is 0.563. The molecule has 0 aromatic heterocycles. The first-order valence-corrected chi connectivity index (χ1v) is 8.29. The van der Waals surface area contributed by atoms with Gasteiger partial charge in [-0.2, -0.15) is 5.11 Å². The van der Waals surface area contributed by atoms with E-state index in [9.17, 15) is 4.79 Å². The second-order valence-electron chi connectivity index (χ2n) is 6.37. The summed E-state index contributed by atoms with van der Waals surface area (Å²) in [6.07, 6.45) is 3.99. The van der Waals surface area contributed by atoms with Crippen LogP contribution in [0.2, 0.25) is 0 Å². The monoisotopic (exact) mass is 324 g/mol. The molecule has 0 atom stereocenters. The zero-order valence-electron chi connectivity index (χ0n) is 13.5. The molecule has 6 heteroatoms. The van der Waals surface area contributed by atoms with E-state index in [1.807, 2.05) is 6.07 Å². The van der Waals surface area contributed by atoms with Crippen molar-refractivity contribution < 1.29 is 9.53 Å². The van der Waals surface area contributed by atoms with Crippen molar-refractivity contribution in [3.8, 4) is 5.75 Å². The number of nitrogens with one attached hydrogen (secondary N) is 1. The maximum atomic E-state index is 11.7. The van der Waals surface area contributed by atoms with Crippen molar-refractivity contribution in [3.05, 3.63) is 53.4 Å². The highest BCUT2D eigenvalue weighted by molar-refractivity contribution is 5.98. The van der Waals surface area contributed by atoms with Crippen LogP contribution in [-0.2, 0) is 17.9 Å². The lowest BCUT2D eigenvalue weighted by Gasteiger charge is -2.24. The van der Waals surface area contributed by atoms with Gasteiger partial charge in [0.2, 0.25) is 0 Å². The molecule has 124 valence electrons. The summed E-state index contributed by atoms with van der Waals surface area (Å²) in [6, 6.07) is 6.27. The van der Waals surface area contributed by atoms with Crippen LogP contribution >= 0.6 is 0 Å². The number of benzene rings is 1. The molecule has 1 aromatic rings. The zero-order valence-corrected chi connectivity index (χ0v) is 13.5. The number of carbonyl (C=O) groups excluding carboxylic acids is 1. The fraction of sp³-hybridized carbons (Fsp3) is 0.389. The molecule has 3 heterocycles. The molecule has 1 fully saturated rings. The lowest BCUT2D eigenvalue weighted by atomic mass is 10.1. The average molecular weight is 324 g/mol. The van der Waals surface area contributed by atoms with Crippen LogP contribution in [0.3, 0.4) is 0 Å². The van der Waals surface area contributed by atoms with Gasteiger partial charge in [-0.1, -0.05) is 12.6 Å². The van der Waals surface area contributed by atoms with Gasteiger partial charge in [0.25, 0.3) is 5.91 Å². The third-order valence-electron chi connectivity index (χ3n) is 4.73. The van der Waals surface area contributed by atoms with Gasteiger partial charge in [-0.25, -0.2) is 0 Å². The third-order valence-corrected chi connectivity index (χ3v) is 4.73. The number of azo groups is 1. The van der Waals surface area contributed by atoms with Gasteiger partial charge in [0.15, 0.2) is 0 Å². The largest absolute Gasteiger partial charge is 0.490 e. The molecule has 24 heavy (non-hydrogen) atoms. The van der Waals surface area contributed by atoms with Gasteiger partial charge in [0, 0.05) is 13.1 Å². The summed E-state index contributed by atoms with van der Waals surface area (Å²) < 4.78 is 6.12. The van der Waals surface area contributed by atoms with E-state index >= 15 is 0 Å². The van der Waals surface area contributed by atoms with Gasteiger partial charge in [-0.3, -0.25) is 4.79 Å². The average Bonchev–Trinajstić information content (AvgIpc) is 3.01. The van der Waals surface area contributed by atoms with Gasteiger partial charge in [-0.15, -0.1) is 5.11 Å². The number of piperidine rings is 1. The van der Waals surface area contributed by atoms with Crippen molar-refractivity contribution in [3.63, 3.8) is 0 Å². The Morgan fingerprint density at radius 2 is 2.00 bits per heavy atom. The number of ether oxygens (including phenoxy) is 1. The van der Waals surface area contributed by atoms with Crippen molar-refractivity contribution in [2.45, 2.75) is 32.0 Å². The Morgan fingerprint density at radius 3 is 2.83 bits per heavy atom. The molecule has 3 aliphatic rings. The Balaban J connectivity index is 1.48. The number of hydrogen-bond donors (Lipinski definition) is 1. The van der Waals surface area contributed by atoms with Crippen LogP contribution in [0, 0.1) is 0 Å². The van der Waals surface area contributed by atoms with E-state index in [1.165, 1.54) is 11.1 Å². The van der Waals surface area contributed by atoms with Gasteiger partial charge < -0.3 is 15.0 Å². The van der Waals surface area contributed by atoms with Crippen LogP contribution in [0.15, 0.2) is 52.5 Å². The number of hydrogen-bond acceptors (Lipinski definition) is 5. The minimum atomic E-state index is -0.363. The summed E-state index contributed by atoms with van der Waals surface area (Å²) in [4.78, 5) is 13.8. The van der Waals surface area contributed by atoms with E-state index < -0.39 is 0 Å². The van der Waals surface area contributed by atoms with E-state index in [-0.39, 0.29) is 5.91 Å². The van der Waals surface area contributed by atoms with Crippen molar-refractivity contribution in [2.24, 2.45) is 10.2 Å². The van der Waals surface area contributed by atoms with Crippen LogP contribution in [0.5, 0.6) is 5.75 Å². The molecule has 3 aliphatic heterocycles.